The number of rotatable bonds is 2. The fourth-order valence-corrected chi connectivity index (χ4v) is 2.36. The average molecular weight is 293 g/mol. The largest absolute Gasteiger partial charge is 0.495 e. The number of hydrogen-bond acceptors (Lipinski definition) is 2. The molecular weight excluding hydrogens is 283 g/mol. The highest BCUT2D eigenvalue weighted by Gasteiger charge is 2.08. The number of fused-ring (bicyclic) bond motifs is 1. The van der Waals surface area contributed by atoms with Gasteiger partial charge in [-0.15, -0.1) is 0 Å². The van der Waals surface area contributed by atoms with Crippen molar-refractivity contribution in [3.8, 4) is 17.1 Å². The summed E-state index contributed by atoms with van der Waals surface area (Å²) in [4.78, 5) is 7.73. The summed E-state index contributed by atoms with van der Waals surface area (Å²) in [6, 6.07) is 11.1. The van der Waals surface area contributed by atoms with Crippen LogP contribution in [0.2, 0.25) is 10.0 Å². The second-order valence-electron chi connectivity index (χ2n) is 4.10. The topological polar surface area (TPSA) is 37.9 Å². The first-order valence-corrected chi connectivity index (χ1v) is 6.42. The van der Waals surface area contributed by atoms with Crippen LogP contribution in [-0.2, 0) is 0 Å². The van der Waals surface area contributed by atoms with Gasteiger partial charge in [-0.3, -0.25) is 0 Å². The maximum Gasteiger partial charge on any atom is 0.138 e. The van der Waals surface area contributed by atoms with E-state index in [0.29, 0.717) is 15.8 Å². The van der Waals surface area contributed by atoms with Gasteiger partial charge in [0, 0.05) is 10.6 Å². The van der Waals surface area contributed by atoms with Crippen molar-refractivity contribution in [3.63, 3.8) is 0 Å². The summed E-state index contributed by atoms with van der Waals surface area (Å²) in [5, 5.41) is 1.23. The van der Waals surface area contributed by atoms with Gasteiger partial charge in [0.15, 0.2) is 0 Å². The van der Waals surface area contributed by atoms with E-state index in [0.717, 1.165) is 22.4 Å². The van der Waals surface area contributed by atoms with Crippen LogP contribution >= 0.6 is 23.2 Å². The van der Waals surface area contributed by atoms with Gasteiger partial charge in [-0.25, -0.2) is 4.98 Å². The Morgan fingerprint density at radius 3 is 2.68 bits per heavy atom. The number of aromatic nitrogens is 2. The molecule has 0 atom stereocenters. The Labute approximate surface area is 120 Å². The maximum atomic E-state index is 6.12. The molecule has 19 heavy (non-hydrogen) atoms. The Hall–Kier alpha value is -1.71. The van der Waals surface area contributed by atoms with Crippen LogP contribution in [0.3, 0.4) is 0 Å². The zero-order valence-electron chi connectivity index (χ0n) is 10.1. The van der Waals surface area contributed by atoms with Crippen LogP contribution in [0.1, 0.15) is 0 Å². The van der Waals surface area contributed by atoms with Gasteiger partial charge >= 0.3 is 0 Å². The first kappa shape index (κ1) is 12.3. The lowest BCUT2D eigenvalue weighted by Crippen LogP contribution is -1.86. The number of hydrogen-bond donors (Lipinski definition) is 1. The van der Waals surface area contributed by atoms with Crippen LogP contribution in [0.5, 0.6) is 5.75 Å². The van der Waals surface area contributed by atoms with Crippen molar-refractivity contribution in [2.24, 2.45) is 0 Å². The molecule has 0 aliphatic rings. The molecule has 0 aliphatic heterocycles. The quantitative estimate of drug-likeness (QED) is 0.753. The van der Waals surface area contributed by atoms with Crippen molar-refractivity contribution in [3.05, 3.63) is 46.4 Å². The molecule has 0 unspecified atom stereocenters. The van der Waals surface area contributed by atoms with Crippen LogP contribution in [0.25, 0.3) is 22.4 Å². The molecule has 2 aromatic carbocycles. The summed E-state index contributed by atoms with van der Waals surface area (Å²) < 4.78 is 5.13. The normalized spacial score (nSPS) is 10.9. The Morgan fingerprint density at radius 1 is 1.11 bits per heavy atom. The van der Waals surface area contributed by atoms with E-state index < -0.39 is 0 Å². The second-order valence-corrected chi connectivity index (χ2v) is 4.94. The molecule has 3 rings (SSSR count). The van der Waals surface area contributed by atoms with Gasteiger partial charge in [0.05, 0.1) is 23.2 Å². The molecule has 0 fully saturated rings. The van der Waals surface area contributed by atoms with Crippen LogP contribution in [0, 0.1) is 0 Å². The molecule has 96 valence electrons. The minimum atomic E-state index is 0.554. The van der Waals surface area contributed by atoms with Crippen LogP contribution < -0.4 is 4.74 Å². The number of benzene rings is 2. The van der Waals surface area contributed by atoms with Gasteiger partial charge in [-0.1, -0.05) is 23.2 Å². The summed E-state index contributed by atoms with van der Waals surface area (Å²) in [5.41, 5.74) is 2.67. The van der Waals surface area contributed by atoms with E-state index in [2.05, 4.69) is 9.97 Å². The van der Waals surface area contributed by atoms with E-state index in [1.807, 2.05) is 36.4 Å². The number of halogens is 2. The standard InChI is InChI=1S/C14H10Cl2N2O/c1-19-13-5-2-8(6-10(13)16)14-17-11-4-3-9(15)7-12(11)18-14/h2-7H,1H3,(H,17,18). The number of ether oxygens (including phenoxy) is 1. The molecule has 0 saturated heterocycles. The van der Waals surface area contributed by atoms with E-state index in [4.69, 9.17) is 27.9 Å². The molecule has 0 aliphatic carbocycles. The molecule has 3 nitrogen and oxygen atoms in total. The molecule has 0 radical (unpaired) electrons. The first-order chi connectivity index (χ1) is 9.17. The highest BCUT2D eigenvalue weighted by molar-refractivity contribution is 6.32. The SMILES string of the molecule is COc1ccc(-c2nc3ccc(Cl)cc3[nH]2)cc1Cl. The van der Waals surface area contributed by atoms with Gasteiger partial charge in [0.2, 0.25) is 0 Å². The van der Waals surface area contributed by atoms with Crippen LogP contribution in [0.15, 0.2) is 36.4 Å². The molecule has 1 N–H and O–H groups in total. The van der Waals surface area contributed by atoms with E-state index >= 15 is 0 Å². The molecular formula is C14H10Cl2N2O. The predicted octanol–water partition coefficient (Wildman–Crippen LogP) is 4.55. The Bertz CT molecular complexity index is 752. The summed E-state index contributed by atoms with van der Waals surface area (Å²) in [6.45, 7) is 0. The zero-order chi connectivity index (χ0) is 13.4. The van der Waals surface area contributed by atoms with Gasteiger partial charge < -0.3 is 9.72 Å². The third-order valence-corrected chi connectivity index (χ3v) is 3.40. The maximum absolute atomic E-state index is 6.12. The van der Waals surface area contributed by atoms with E-state index in [1.54, 1.807) is 7.11 Å². The lowest BCUT2D eigenvalue weighted by Gasteiger charge is -2.03. The third kappa shape index (κ3) is 2.27. The number of H-pyrrole nitrogens is 1. The van der Waals surface area contributed by atoms with Crippen LogP contribution in [-0.4, -0.2) is 17.1 Å². The summed E-state index contributed by atoms with van der Waals surface area (Å²) in [5.74, 6) is 1.39. The third-order valence-electron chi connectivity index (χ3n) is 2.87. The monoisotopic (exact) mass is 292 g/mol. The minimum absolute atomic E-state index is 0.554. The van der Waals surface area contributed by atoms with Crippen molar-refractivity contribution in [2.75, 3.05) is 7.11 Å². The van der Waals surface area contributed by atoms with Crippen molar-refractivity contribution < 1.29 is 4.74 Å². The number of nitrogens with zero attached hydrogens (tertiary/aromatic N) is 1. The smallest absolute Gasteiger partial charge is 0.138 e. The highest BCUT2D eigenvalue weighted by atomic mass is 35.5. The Kier molecular flexibility index (Phi) is 3.09. The molecule has 1 heterocycles. The summed E-state index contributed by atoms with van der Waals surface area (Å²) in [6.07, 6.45) is 0. The molecule has 1 aromatic heterocycles. The van der Waals surface area contributed by atoms with Crippen molar-refractivity contribution >= 4 is 34.2 Å². The Balaban J connectivity index is 2.11. The fourth-order valence-electron chi connectivity index (χ4n) is 1.93. The predicted molar refractivity (Wildman–Crippen MR) is 78.1 cm³/mol. The Morgan fingerprint density at radius 2 is 1.95 bits per heavy atom. The molecule has 3 aromatic rings. The van der Waals surface area contributed by atoms with Crippen molar-refractivity contribution in [1.29, 1.82) is 0 Å². The summed E-state index contributed by atoms with van der Waals surface area (Å²) in [7, 11) is 1.59. The van der Waals surface area contributed by atoms with E-state index in [9.17, 15) is 0 Å². The lowest BCUT2D eigenvalue weighted by molar-refractivity contribution is 0.415. The van der Waals surface area contributed by atoms with Gasteiger partial charge in [0.1, 0.15) is 11.6 Å². The number of nitrogens with one attached hydrogen (secondary N) is 1. The lowest BCUT2D eigenvalue weighted by atomic mass is 10.2. The van der Waals surface area contributed by atoms with Gasteiger partial charge in [-0.05, 0) is 36.4 Å². The minimum Gasteiger partial charge on any atom is -0.495 e. The zero-order valence-corrected chi connectivity index (χ0v) is 11.6. The van der Waals surface area contributed by atoms with E-state index in [1.165, 1.54) is 0 Å². The van der Waals surface area contributed by atoms with Crippen molar-refractivity contribution in [2.45, 2.75) is 0 Å². The van der Waals surface area contributed by atoms with Gasteiger partial charge in [-0.2, -0.15) is 0 Å². The second kappa shape index (κ2) is 4.76. The van der Waals surface area contributed by atoms with Crippen molar-refractivity contribution in [1.82, 2.24) is 9.97 Å². The molecule has 0 amide bonds. The molecule has 0 bridgehead atoms. The highest BCUT2D eigenvalue weighted by Crippen LogP contribution is 2.30. The molecule has 0 spiro atoms. The van der Waals surface area contributed by atoms with Gasteiger partial charge in [0.25, 0.3) is 0 Å². The fraction of sp³-hybridized carbons (Fsp3) is 0.0714. The summed E-state index contributed by atoms with van der Waals surface area (Å²) >= 11 is 12.1. The van der Waals surface area contributed by atoms with Crippen LogP contribution in [0.4, 0.5) is 0 Å². The molecule has 5 heteroatoms. The first-order valence-electron chi connectivity index (χ1n) is 5.66. The number of methoxy groups -OCH3 is 1. The average Bonchev–Trinajstić information content (AvgIpc) is 2.81. The van der Waals surface area contributed by atoms with E-state index in [-0.39, 0.29) is 0 Å². The number of aromatic amines is 1. The molecule has 0 saturated carbocycles. The number of imidazole rings is 1.